The Bertz CT molecular complexity index is 979. The maximum absolute atomic E-state index is 12.6. The average Bonchev–Trinajstić information content (AvgIpc) is 3.24. The molecule has 0 atom stereocenters. The van der Waals surface area contributed by atoms with E-state index in [1.54, 1.807) is 18.2 Å². The summed E-state index contributed by atoms with van der Waals surface area (Å²) in [4.78, 5) is 25.4. The first-order chi connectivity index (χ1) is 12.1. The fourth-order valence-corrected chi connectivity index (χ4v) is 3.83. The van der Waals surface area contributed by atoms with Crippen LogP contribution in [0.15, 0.2) is 36.5 Å². The van der Waals surface area contributed by atoms with E-state index in [0.717, 1.165) is 16.9 Å². The third-order valence-electron chi connectivity index (χ3n) is 4.00. The molecule has 1 aliphatic heterocycles. The molecule has 2 aromatic heterocycles. The second-order valence-electron chi connectivity index (χ2n) is 5.59. The van der Waals surface area contributed by atoms with E-state index in [1.807, 2.05) is 12.1 Å². The summed E-state index contributed by atoms with van der Waals surface area (Å²) in [7, 11) is 0. The summed E-state index contributed by atoms with van der Waals surface area (Å²) in [5, 5.41) is 12.4. The number of benzene rings is 1. The molecular weight excluding hydrogens is 360 g/mol. The number of fused-ring (bicyclic) bond motifs is 1. The van der Waals surface area contributed by atoms with Crippen LogP contribution in [-0.2, 0) is 6.42 Å². The maximum Gasteiger partial charge on any atom is 0.259 e. The van der Waals surface area contributed by atoms with Gasteiger partial charge in [-0.2, -0.15) is 5.10 Å². The van der Waals surface area contributed by atoms with Gasteiger partial charge in [-0.3, -0.25) is 14.7 Å². The van der Waals surface area contributed by atoms with Crippen molar-refractivity contribution in [2.24, 2.45) is 0 Å². The number of nitrogens with zero attached hydrogens (tertiary/aromatic N) is 1. The predicted molar refractivity (Wildman–Crippen MR) is 97.3 cm³/mol. The van der Waals surface area contributed by atoms with Crippen LogP contribution in [0.1, 0.15) is 26.3 Å². The van der Waals surface area contributed by atoms with Crippen molar-refractivity contribution in [3.8, 4) is 10.6 Å². The highest BCUT2D eigenvalue weighted by molar-refractivity contribution is 7.19. The SMILES string of the molecule is O=C1NCCc2ccc(NC(=O)c3cn[nH]c3-c3ccc(Cl)s3)cc21. The van der Waals surface area contributed by atoms with Gasteiger partial charge in [0.15, 0.2) is 0 Å². The van der Waals surface area contributed by atoms with Crippen molar-refractivity contribution in [3.63, 3.8) is 0 Å². The number of thiophene rings is 1. The first kappa shape index (κ1) is 15.9. The molecule has 6 nitrogen and oxygen atoms in total. The Morgan fingerprint density at radius 3 is 2.96 bits per heavy atom. The first-order valence-corrected chi connectivity index (χ1v) is 8.83. The number of aromatic amines is 1. The van der Waals surface area contributed by atoms with Crippen molar-refractivity contribution < 1.29 is 9.59 Å². The summed E-state index contributed by atoms with van der Waals surface area (Å²) < 4.78 is 0.636. The van der Waals surface area contributed by atoms with E-state index < -0.39 is 0 Å². The Hall–Kier alpha value is -2.64. The Kier molecular flexibility index (Phi) is 4.03. The first-order valence-electron chi connectivity index (χ1n) is 7.63. The monoisotopic (exact) mass is 372 g/mol. The molecule has 3 N–H and O–H groups in total. The number of H-pyrrole nitrogens is 1. The molecule has 126 valence electrons. The van der Waals surface area contributed by atoms with Crippen molar-refractivity contribution in [1.29, 1.82) is 0 Å². The van der Waals surface area contributed by atoms with E-state index in [0.29, 0.717) is 33.4 Å². The molecule has 1 aliphatic rings. The number of carbonyl (C=O) groups is 2. The van der Waals surface area contributed by atoms with Gasteiger partial charge in [-0.25, -0.2) is 0 Å². The number of anilines is 1. The molecule has 1 aromatic carbocycles. The van der Waals surface area contributed by atoms with Crippen molar-refractivity contribution in [2.75, 3.05) is 11.9 Å². The quantitative estimate of drug-likeness (QED) is 0.659. The molecule has 3 heterocycles. The number of hydrogen-bond acceptors (Lipinski definition) is 4. The largest absolute Gasteiger partial charge is 0.352 e. The number of hydrogen-bond donors (Lipinski definition) is 3. The van der Waals surface area contributed by atoms with Gasteiger partial charge in [0, 0.05) is 17.8 Å². The minimum absolute atomic E-state index is 0.116. The summed E-state index contributed by atoms with van der Waals surface area (Å²) in [5.74, 6) is -0.418. The second kappa shape index (κ2) is 6.34. The molecular formula is C17H13ClN4O2S. The van der Waals surface area contributed by atoms with Crippen molar-refractivity contribution in [3.05, 3.63) is 57.6 Å². The van der Waals surface area contributed by atoms with E-state index in [-0.39, 0.29) is 11.8 Å². The molecule has 0 saturated heterocycles. The van der Waals surface area contributed by atoms with Gasteiger partial charge in [0.2, 0.25) is 0 Å². The molecule has 0 spiro atoms. The summed E-state index contributed by atoms with van der Waals surface area (Å²) in [6.45, 7) is 0.638. The normalized spacial score (nSPS) is 13.2. The molecule has 0 fully saturated rings. The number of halogens is 1. The Morgan fingerprint density at radius 1 is 1.28 bits per heavy atom. The average molecular weight is 373 g/mol. The smallest absolute Gasteiger partial charge is 0.259 e. The molecule has 4 rings (SSSR count). The highest BCUT2D eigenvalue weighted by atomic mass is 35.5. The molecule has 0 unspecified atom stereocenters. The predicted octanol–water partition coefficient (Wildman–Crippen LogP) is 3.33. The Labute approximate surface area is 152 Å². The third kappa shape index (κ3) is 3.04. The minimum atomic E-state index is -0.301. The highest BCUT2D eigenvalue weighted by Gasteiger charge is 2.20. The third-order valence-corrected chi connectivity index (χ3v) is 5.24. The molecule has 25 heavy (non-hydrogen) atoms. The van der Waals surface area contributed by atoms with Gasteiger partial charge in [-0.1, -0.05) is 17.7 Å². The number of aromatic nitrogens is 2. The molecule has 2 amide bonds. The van der Waals surface area contributed by atoms with E-state index in [2.05, 4.69) is 20.8 Å². The van der Waals surface area contributed by atoms with Gasteiger partial charge < -0.3 is 10.6 Å². The Balaban J connectivity index is 1.60. The topological polar surface area (TPSA) is 86.9 Å². The van der Waals surface area contributed by atoms with E-state index >= 15 is 0 Å². The molecule has 0 saturated carbocycles. The van der Waals surface area contributed by atoms with Gasteiger partial charge in [0.1, 0.15) is 0 Å². The summed E-state index contributed by atoms with van der Waals surface area (Å²) in [6, 6.07) is 8.98. The van der Waals surface area contributed by atoms with E-state index in [4.69, 9.17) is 11.6 Å². The van der Waals surface area contributed by atoms with Crippen LogP contribution in [0, 0.1) is 0 Å². The lowest BCUT2D eigenvalue weighted by molar-refractivity contribution is 0.0944. The lowest BCUT2D eigenvalue weighted by atomic mass is 10.00. The molecule has 0 bridgehead atoms. The van der Waals surface area contributed by atoms with Crippen LogP contribution in [0.2, 0.25) is 4.34 Å². The Morgan fingerprint density at radius 2 is 2.16 bits per heavy atom. The molecule has 3 aromatic rings. The lowest BCUT2D eigenvalue weighted by Crippen LogP contribution is -2.31. The zero-order valence-corrected chi connectivity index (χ0v) is 14.5. The summed E-state index contributed by atoms with van der Waals surface area (Å²) in [5.41, 5.74) is 3.18. The van der Waals surface area contributed by atoms with Gasteiger partial charge in [0.25, 0.3) is 11.8 Å². The van der Waals surface area contributed by atoms with E-state index in [1.165, 1.54) is 17.5 Å². The molecule has 8 heteroatoms. The van der Waals surface area contributed by atoms with Crippen molar-refractivity contribution in [1.82, 2.24) is 15.5 Å². The number of amides is 2. The van der Waals surface area contributed by atoms with Crippen LogP contribution in [0.3, 0.4) is 0 Å². The summed E-state index contributed by atoms with van der Waals surface area (Å²) >= 11 is 7.33. The summed E-state index contributed by atoms with van der Waals surface area (Å²) in [6.07, 6.45) is 2.27. The van der Waals surface area contributed by atoms with Gasteiger partial charge >= 0.3 is 0 Å². The van der Waals surface area contributed by atoms with Crippen LogP contribution in [-0.4, -0.2) is 28.6 Å². The minimum Gasteiger partial charge on any atom is -0.352 e. The van der Waals surface area contributed by atoms with Crippen molar-refractivity contribution in [2.45, 2.75) is 6.42 Å². The second-order valence-corrected chi connectivity index (χ2v) is 7.31. The number of nitrogens with one attached hydrogen (secondary N) is 3. The van der Waals surface area contributed by atoms with Gasteiger partial charge in [-0.15, -0.1) is 11.3 Å². The van der Waals surface area contributed by atoms with Crippen LogP contribution in [0.5, 0.6) is 0 Å². The fraction of sp³-hybridized carbons (Fsp3) is 0.118. The standard InChI is InChI=1S/C17H13ClN4O2S/c18-14-4-3-13(25-14)15-12(8-20-22-15)17(24)21-10-2-1-9-5-6-19-16(23)11(9)7-10/h1-4,7-8H,5-6H2,(H,19,23)(H,20,22)(H,21,24). The van der Waals surface area contributed by atoms with E-state index in [9.17, 15) is 9.59 Å². The maximum atomic E-state index is 12.6. The zero-order valence-electron chi connectivity index (χ0n) is 12.9. The molecule has 0 radical (unpaired) electrons. The van der Waals surface area contributed by atoms with Gasteiger partial charge in [0.05, 0.1) is 26.7 Å². The van der Waals surface area contributed by atoms with Crippen LogP contribution >= 0.6 is 22.9 Å². The molecule has 0 aliphatic carbocycles. The fourth-order valence-electron chi connectivity index (χ4n) is 2.78. The number of carbonyl (C=O) groups excluding carboxylic acids is 2. The van der Waals surface area contributed by atoms with Crippen LogP contribution in [0.25, 0.3) is 10.6 Å². The lowest BCUT2D eigenvalue weighted by Gasteiger charge is -2.17. The van der Waals surface area contributed by atoms with Crippen molar-refractivity contribution >= 4 is 40.4 Å². The zero-order chi connectivity index (χ0) is 17.4. The number of rotatable bonds is 3. The van der Waals surface area contributed by atoms with Gasteiger partial charge in [-0.05, 0) is 36.2 Å². The highest BCUT2D eigenvalue weighted by Crippen LogP contribution is 2.32. The van der Waals surface area contributed by atoms with Crippen LogP contribution in [0.4, 0.5) is 5.69 Å². The van der Waals surface area contributed by atoms with Crippen LogP contribution < -0.4 is 10.6 Å².